The summed E-state index contributed by atoms with van der Waals surface area (Å²) in [7, 11) is 0. The zero-order valence-corrected chi connectivity index (χ0v) is 23.5. The maximum absolute atomic E-state index is 14.8. The van der Waals surface area contributed by atoms with E-state index in [9.17, 15) is 9.18 Å². The Morgan fingerprint density at radius 3 is 2.32 bits per heavy atom. The van der Waals surface area contributed by atoms with Gasteiger partial charge in [0.1, 0.15) is 5.82 Å². The lowest BCUT2D eigenvalue weighted by molar-refractivity contribution is -0.138. The minimum atomic E-state index is -0.335. The van der Waals surface area contributed by atoms with Crippen LogP contribution >= 0.6 is 0 Å². The molecule has 4 aromatic rings. The topological polar surface area (TPSA) is 74.5 Å². The monoisotopic (exact) mass is 553 g/mol. The summed E-state index contributed by atoms with van der Waals surface area (Å²) < 4.78 is 20.3. The van der Waals surface area contributed by atoms with Crippen LogP contribution in [-0.4, -0.2) is 52.1 Å². The van der Waals surface area contributed by atoms with Gasteiger partial charge in [0.2, 0.25) is 11.7 Å². The van der Waals surface area contributed by atoms with Gasteiger partial charge in [-0.3, -0.25) is 15.1 Å². The highest BCUT2D eigenvalue weighted by molar-refractivity contribution is 5.82. The van der Waals surface area contributed by atoms with Crippen molar-refractivity contribution in [2.75, 3.05) is 26.2 Å². The molecule has 2 aliphatic heterocycles. The number of aromatic nitrogens is 2. The number of halogens is 1. The van der Waals surface area contributed by atoms with Crippen molar-refractivity contribution in [2.45, 2.75) is 45.6 Å². The number of likely N-dealkylation sites (tertiary alicyclic amines) is 1. The van der Waals surface area contributed by atoms with Gasteiger partial charge in [-0.05, 0) is 62.0 Å². The zero-order valence-electron chi connectivity index (χ0n) is 23.5. The van der Waals surface area contributed by atoms with Gasteiger partial charge in [0.05, 0.1) is 5.41 Å². The molecule has 0 radical (unpaired) electrons. The molecule has 2 aliphatic rings. The predicted octanol–water partition coefficient (Wildman–Crippen LogP) is 6.33. The summed E-state index contributed by atoms with van der Waals surface area (Å²) in [5, 5.41) is 6.23. The van der Waals surface area contributed by atoms with Gasteiger partial charge >= 0.3 is 0 Å². The second kappa shape index (κ2) is 11.9. The van der Waals surface area contributed by atoms with E-state index in [1.807, 2.05) is 42.5 Å². The van der Waals surface area contributed by atoms with Crippen molar-refractivity contribution in [1.82, 2.24) is 25.5 Å². The highest BCUT2D eigenvalue weighted by Crippen LogP contribution is 2.33. The van der Waals surface area contributed by atoms with Crippen LogP contribution < -0.4 is 5.43 Å². The van der Waals surface area contributed by atoms with Crippen LogP contribution in [-0.2, 0) is 11.3 Å². The van der Waals surface area contributed by atoms with Crippen molar-refractivity contribution in [3.8, 4) is 34.0 Å². The normalized spacial score (nSPS) is 17.8. The summed E-state index contributed by atoms with van der Waals surface area (Å²) in [6.45, 7) is 6.61. The lowest BCUT2D eigenvalue weighted by Crippen LogP contribution is -2.53. The van der Waals surface area contributed by atoms with Gasteiger partial charge in [0.15, 0.2) is 0 Å². The molecular weight excluding hydrogens is 517 g/mol. The fourth-order valence-electron chi connectivity index (χ4n) is 5.69. The van der Waals surface area contributed by atoms with Gasteiger partial charge in [0.25, 0.3) is 5.89 Å². The molecule has 7 nitrogen and oxygen atoms in total. The summed E-state index contributed by atoms with van der Waals surface area (Å²) in [6.07, 6.45) is 5.26. The molecule has 2 saturated heterocycles. The van der Waals surface area contributed by atoms with E-state index in [2.05, 4.69) is 44.5 Å². The number of hydrogen-bond acceptors (Lipinski definition) is 6. The van der Waals surface area contributed by atoms with Gasteiger partial charge < -0.3 is 4.52 Å². The molecule has 6 rings (SSSR count). The van der Waals surface area contributed by atoms with E-state index < -0.39 is 0 Å². The molecule has 0 aliphatic carbocycles. The molecule has 0 bridgehead atoms. The Morgan fingerprint density at radius 2 is 1.61 bits per heavy atom. The Hall–Kier alpha value is -3.88. The molecule has 0 atom stereocenters. The van der Waals surface area contributed by atoms with E-state index >= 15 is 0 Å². The van der Waals surface area contributed by atoms with Crippen LogP contribution in [0.15, 0.2) is 77.3 Å². The number of benzene rings is 3. The van der Waals surface area contributed by atoms with Crippen LogP contribution in [0.1, 0.15) is 44.6 Å². The van der Waals surface area contributed by atoms with E-state index in [0.29, 0.717) is 17.0 Å². The standard InChI is InChI=1S/C33H36FN5O2/c1-33(32(40)36-39-18-6-3-7-19-39)16-20-38(21-17-33)23-24-10-12-26(13-11-24)30-35-31(41-37-30)27-14-15-28(29(34)22-27)25-8-4-2-5-9-25/h2,4-5,8-15,22H,3,6-7,16-21,23H2,1H3,(H,36,40). The molecule has 41 heavy (non-hydrogen) atoms. The van der Waals surface area contributed by atoms with Crippen LogP contribution in [0.25, 0.3) is 34.0 Å². The molecule has 3 heterocycles. The summed E-state index contributed by atoms with van der Waals surface area (Å²) >= 11 is 0. The Labute approximate surface area is 240 Å². The van der Waals surface area contributed by atoms with Crippen LogP contribution in [0.3, 0.4) is 0 Å². The molecule has 1 N–H and O–H groups in total. The first kappa shape index (κ1) is 27.3. The van der Waals surface area contributed by atoms with E-state index in [-0.39, 0.29) is 23.0 Å². The molecule has 1 aromatic heterocycles. The maximum Gasteiger partial charge on any atom is 0.258 e. The van der Waals surface area contributed by atoms with Gasteiger partial charge in [-0.2, -0.15) is 4.98 Å². The average molecular weight is 554 g/mol. The van der Waals surface area contributed by atoms with Crippen LogP contribution in [0.4, 0.5) is 4.39 Å². The first-order valence-corrected chi connectivity index (χ1v) is 14.5. The van der Waals surface area contributed by atoms with Gasteiger partial charge in [-0.1, -0.05) is 79.2 Å². The average Bonchev–Trinajstić information content (AvgIpc) is 3.50. The Balaban J connectivity index is 1.04. The number of hydrazine groups is 1. The van der Waals surface area contributed by atoms with Crippen LogP contribution in [0.5, 0.6) is 0 Å². The van der Waals surface area contributed by atoms with Crippen LogP contribution in [0.2, 0.25) is 0 Å². The molecule has 8 heteroatoms. The van der Waals surface area contributed by atoms with Gasteiger partial charge in [-0.15, -0.1) is 0 Å². The SMILES string of the molecule is CC1(C(=O)NN2CCCCC2)CCN(Cc2ccc(-c3noc(-c4ccc(-c5ccccc5)c(F)c4)n3)cc2)CC1. The van der Waals surface area contributed by atoms with Crippen molar-refractivity contribution in [1.29, 1.82) is 0 Å². The Morgan fingerprint density at radius 1 is 0.902 bits per heavy atom. The summed E-state index contributed by atoms with van der Waals surface area (Å²) in [4.78, 5) is 19.9. The number of nitrogens with zero attached hydrogens (tertiary/aromatic N) is 4. The number of amides is 1. The molecule has 1 amide bonds. The molecule has 3 aromatic carbocycles. The lowest BCUT2D eigenvalue weighted by atomic mass is 9.79. The summed E-state index contributed by atoms with van der Waals surface area (Å²) in [6, 6.07) is 22.5. The third kappa shape index (κ3) is 6.24. The van der Waals surface area contributed by atoms with Crippen LogP contribution in [0, 0.1) is 11.2 Å². The van der Waals surface area contributed by atoms with E-state index in [1.54, 1.807) is 12.1 Å². The fourth-order valence-corrected chi connectivity index (χ4v) is 5.69. The number of nitrogens with one attached hydrogen (secondary N) is 1. The number of piperidine rings is 2. The molecule has 0 saturated carbocycles. The number of carbonyl (C=O) groups is 1. The molecule has 212 valence electrons. The predicted molar refractivity (Wildman–Crippen MR) is 157 cm³/mol. The highest BCUT2D eigenvalue weighted by Gasteiger charge is 2.37. The highest BCUT2D eigenvalue weighted by atomic mass is 19.1. The Kier molecular flexibility index (Phi) is 7.94. The quantitative estimate of drug-likeness (QED) is 0.288. The number of hydrogen-bond donors (Lipinski definition) is 1. The van der Waals surface area contributed by atoms with E-state index in [0.717, 1.165) is 69.5 Å². The third-order valence-corrected chi connectivity index (χ3v) is 8.47. The zero-order chi connectivity index (χ0) is 28.2. The molecular formula is C33H36FN5O2. The smallest absolute Gasteiger partial charge is 0.258 e. The first-order valence-electron chi connectivity index (χ1n) is 14.5. The Bertz CT molecular complexity index is 1470. The fraction of sp³-hybridized carbons (Fsp3) is 0.364. The van der Waals surface area contributed by atoms with Crippen molar-refractivity contribution in [3.05, 3.63) is 84.2 Å². The van der Waals surface area contributed by atoms with Gasteiger partial charge in [-0.25, -0.2) is 9.40 Å². The molecule has 0 unspecified atom stereocenters. The number of rotatable bonds is 7. The minimum absolute atomic E-state index is 0.165. The van der Waals surface area contributed by atoms with E-state index in [4.69, 9.17) is 4.52 Å². The largest absolute Gasteiger partial charge is 0.334 e. The maximum atomic E-state index is 14.8. The number of carbonyl (C=O) groups excluding carboxylic acids is 1. The molecule has 2 fully saturated rings. The van der Waals surface area contributed by atoms with E-state index in [1.165, 1.54) is 18.1 Å². The van der Waals surface area contributed by atoms with Crippen molar-refractivity contribution < 1.29 is 13.7 Å². The third-order valence-electron chi connectivity index (χ3n) is 8.47. The molecule has 0 spiro atoms. The lowest BCUT2D eigenvalue weighted by Gasteiger charge is -2.40. The second-order valence-electron chi connectivity index (χ2n) is 11.5. The summed E-state index contributed by atoms with van der Waals surface area (Å²) in [5.41, 5.74) is 6.78. The van der Waals surface area contributed by atoms with Gasteiger partial charge in [0, 0.05) is 36.3 Å². The second-order valence-corrected chi connectivity index (χ2v) is 11.5. The van der Waals surface area contributed by atoms with Crippen molar-refractivity contribution >= 4 is 5.91 Å². The van der Waals surface area contributed by atoms with Crippen molar-refractivity contribution in [3.63, 3.8) is 0 Å². The summed E-state index contributed by atoms with van der Waals surface area (Å²) in [5.74, 6) is 0.576. The van der Waals surface area contributed by atoms with Crippen molar-refractivity contribution in [2.24, 2.45) is 5.41 Å². The minimum Gasteiger partial charge on any atom is -0.334 e. The first-order chi connectivity index (χ1) is 20.0.